The molecule has 0 aliphatic rings. The lowest BCUT2D eigenvalue weighted by molar-refractivity contribution is 0.102. The summed E-state index contributed by atoms with van der Waals surface area (Å²) < 4.78 is 6.93. The van der Waals surface area contributed by atoms with E-state index in [2.05, 4.69) is 10.3 Å². The van der Waals surface area contributed by atoms with Crippen LogP contribution < -0.4 is 20.8 Å². The molecule has 33 heavy (non-hydrogen) atoms. The van der Waals surface area contributed by atoms with Gasteiger partial charge in [-0.15, -0.1) is 0 Å². The number of ether oxygens (including phenoxy) is 1. The number of hydrogen-bond acceptors (Lipinski definition) is 6. The van der Waals surface area contributed by atoms with Crippen LogP contribution in [0.1, 0.15) is 15.9 Å². The van der Waals surface area contributed by atoms with Crippen LogP contribution in [0.5, 0.6) is 5.75 Å². The third kappa shape index (κ3) is 4.88. The number of nitrogens with one attached hydrogen (secondary N) is 1. The number of carbonyl (C=O) groups excluding carboxylic acids is 1. The van der Waals surface area contributed by atoms with Crippen LogP contribution in [0, 0.1) is 0 Å². The van der Waals surface area contributed by atoms with E-state index in [1.165, 1.54) is 10.9 Å². The van der Waals surface area contributed by atoms with Crippen molar-refractivity contribution in [3.8, 4) is 5.75 Å². The molecule has 0 fully saturated rings. The summed E-state index contributed by atoms with van der Waals surface area (Å²) in [6.07, 6.45) is 2.12. The fourth-order valence-corrected chi connectivity index (χ4v) is 4.18. The number of carbonyl (C=O) groups is 1. The molecule has 0 bridgehead atoms. The zero-order valence-corrected chi connectivity index (χ0v) is 19.3. The summed E-state index contributed by atoms with van der Waals surface area (Å²) in [5, 5.41) is 9.09. The van der Waals surface area contributed by atoms with Gasteiger partial charge in [0.15, 0.2) is 0 Å². The average molecular weight is 481 g/mol. The highest BCUT2D eigenvalue weighted by molar-refractivity contribution is 7.97. The van der Waals surface area contributed by atoms with Gasteiger partial charge in [-0.3, -0.25) is 19.3 Å². The first kappa shape index (κ1) is 22.8. The summed E-state index contributed by atoms with van der Waals surface area (Å²) in [6, 6.07) is 17.7. The van der Waals surface area contributed by atoms with Crippen molar-refractivity contribution < 1.29 is 9.53 Å². The molecule has 1 heterocycles. The van der Waals surface area contributed by atoms with Gasteiger partial charge in [-0.25, -0.2) is 4.98 Å². The van der Waals surface area contributed by atoms with Gasteiger partial charge in [-0.2, -0.15) is 0 Å². The Hall–Kier alpha value is -3.33. The minimum absolute atomic E-state index is 0.237. The molecule has 168 valence electrons. The van der Waals surface area contributed by atoms with Crippen LogP contribution in [-0.4, -0.2) is 22.6 Å². The van der Waals surface area contributed by atoms with Gasteiger partial charge in [-0.05, 0) is 60.3 Å². The second-order valence-electron chi connectivity index (χ2n) is 7.22. The summed E-state index contributed by atoms with van der Waals surface area (Å²) >= 11 is 7.18. The predicted molar refractivity (Wildman–Crippen MR) is 132 cm³/mol. The maximum absolute atomic E-state index is 13.3. The maximum atomic E-state index is 13.3. The van der Waals surface area contributed by atoms with Crippen LogP contribution in [0.3, 0.4) is 0 Å². The van der Waals surface area contributed by atoms with E-state index < -0.39 is 0 Å². The summed E-state index contributed by atoms with van der Waals surface area (Å²) in [6.45, 7) is 0.415. The van der Waals surface area contributed by atoms with Crippen LogP contribution in [0.25, 0.3) is 10.9 Å². The number of anilines is 1. The zero-order valence-electron chi connectivity index (χ0n) is 17.7. The molecule has 0 unspecified atom stereocenters. The van der Waals surface area contributed by atoms with Gasteiger partial charge in [0.2, 0.25) is 0 Å². The van der Waals surface area contributed by atoms with Crippen LogP contribution in [0.15, 0.2) is 76.7 Å². The average Bonchev–Trinajstić information content (AvgIpc) is 2.83. The molecule has 0 aliphatic carbocycles. The Labute approximate surface area is 199 Å². The molecular formula is C24H21ClN4O3S. The zero-order chi connectivity index (χ0) is 23.4. The summed E-state index contributed by atoms with van der Waals surface area (Å²) in [7, 11) is 1.62. The fourth-order valence-electron chi connectivity index (χ4n) is 3.55. The van der Waals surface area contributed by atoms with Crippen molar-refractivity contribution in [2.75, 3.05) is 12.4 Å². The third-order valence-corrected chi connectivity index (χ3v) is 6.27. The second kappa shape index (κ2) is 10.1. The van der Waals surface area contributed by atoms with Gasteiger partial charge in [0, 0.05) is 17.0 Å². The van der Waals surface area contributed by atoms with E-state index >= 15 is 0 Å². The molecular weight excluding hydrogens is 460 g/mol. The van der Waals surface area contributed by atoms with Crippen molar-refractivity contribution in [1.82, 2.24) is 9.55 Å². The molecule has 0 atom stereocenters. The Morgan fingerprint density at radius 3 is 2.76 bits per heavy atom. The topological polar surface area (TPSA) is 99.2 Å². The normalized spacial score (nSPS) is 10.9. The first-order valence-corrected chi connectivity index (χ1v) is 11.3. The quantitative estimate of drug-likeness (QED) is 0.377. The second-order valence-corrected chi connectivity index (χ2v) is 8.30. The Morgan fingerprint density at radius 2 is 2.00 bits per heavy atom. The number of fused-ring (bicyclic) bond motifs is 1. The highest BCUT2D eigenvalue weighted by atomic mass is 35.5. The van der Waals surface area contributed by atoms with Crippen molar-refractivity contribution in [2.24, 2.45) is 5.14 Å². The third-order valence-electron chi connectivity index (χ3n) is 5.24. The van der Waals surface area contributed by atoms with Gasteiger partial charge in [0.25, 0.3) is 11.5 Å². The number of amides is 1. The Kier molecular flexibility index (Phi) is 6.98. The van der Waals surface area contributed by atoms with Crippen molar-refractivity contribution in [1.29, 1.82) is 0 Å². The van der Waals surface area contributed by atoms with E-state index in [0.717, 1.165) is 23.3 Å². The highest BCUT2D eigenvalue weighted by Crippen LogP contribution is 2.26. The van der Waals surface area contributed by atoms with Crippen molar-refractivity contribution in [2.45, 2.75) is 17.9 Å². The lowest BCUT2D eigenvalue weighted by Crippen LogP contribution is -2.23. The molecule has 4 aromatic rings. The molecule has 3 aromatic carbocycles. The highest BCUT2D eigenvalue weighted by Gasteiger charge is 2.14. The standard InChI is InChI=1S/C24H21ClN4O3S/c1-32-20-8-3-2-5-15(20)11-12-29-14-27-18-6-4-7-19(22(18)24(29)31)28-23(30)16-9-10-21(33-26)17(25)13-16/h2-10,13-14H,11-12,26H2,1H3,(H,28,30). The first-order valence-electron chi connectivity index (χ1n) is 10.1. The number of aryl methyl sites for hydroxylation is 2. The molecule has 7 nitrogen and oxygen atoms in total. The largest absolute Gasteiger partial charge is 0.496 e. The minimum atomic E-state index is -0.387. The van der Waals surface area contributed by atoms with Crippen molar-refractivity contribution >= 4 is 46.0 Å². The molecule has 1 amide bonds. The van der Waals surface area contributed by atoms with Crippen LogP contribution in [0.2, 0.25) is 5.02 Å². The van der Waals surface area contributed by atoms with Gasteiger partial charge >= 0.3 is 0 Å². The number of halogens is 1. The number of rotatable bonds is 7. The monoisotopic (exact) mass is 480 g/mol. The van der Waals surface area contributed by atoms with E-state index in [4.69, 9.17) is 21.5 Å². The number of nitrogens with zero attached hydrogens (tertiary/aromatic N) is 2. The van der Waals surface area contributed by atoms with Crippen molar-refractivity contribution in [3.05, 3.63) is 93.5 Å². The molecule has 9 heteroatoms. The molecule has 0 radical (unpaired) electrons. The van der Waals surface area contributed by atoms with E-state index in [1.807, 2.05) is 24.3 Å². The smallest absolute Gasteiger partial charge is 0.263 e. The first-order chi connectivity index (χ1) is 16.0. The molecule has 0 spiro atoms. The fraction of sp³-hybridized carbons (Fsp3) is 0.125. The Morgan fingerprint density at radius 1 is 1.18 bits per heavy atom. The van der Waals surface area contributed by atoms with E-state index in [0.29, 0.717) is 45.0 Å². The van der Waals surface area contributed by atoms with Crippen molar-refractivity contribution in [3.63, 3.8) is 0 Å². The van der Waals surface area contributed by atoms with E-state index in [1.54, 1.807) is 43.5 Å². The summed E-state index contributed by atoms with van der Waals surface area (Å²) in [4.78, 5) is 31.2. The number of aromatic nitrogens is 2. The van der Waals surface area contributed by atoms with E-state index in [9.17, 15) is 9.59 Å². The molecule has 1 aromatic heterocycles. The number of nitrogens with two attached hydrogens (primary N) is 1. The molecule has 0 saturated carbocycles. The Bertz CT molecular complexity index is 1390. The maximum Gasteiger partial charge on any atom is 0.263 e. The molecule has 0 aliphatic heterocycles. The predicted octanol–water partition coefficient (Wildman–Crippen LogP) is 4.52. The van der Waals surface area contributed by atoms with Gasteiger partial charge in [0.1, 0.15) is 5.75 Å². The van der Waals surface area contributed by atoms with Crippen LogP contribution in [-0.2, 0) is 13.0 Å². The number of hydrogen-bond donors (Lipinski definition) is 2. The minimum Gasteiger partial charge on any atom is -0.496 e. The number of para-hydroxylation sites is 1. The van der Waals surface area contributed by atoms with Crippen LogP contribution in [0.4, 0.5) is 5.69 Å². The van der Waals surface area contributed by atoms with Crippen LogP contribution >= 0.6 is 23.5 Å². The lowest BCUT2D eigenvalue weighted by Gasteiger charge is -2.12. The molecule has 0 saturated heterocycles. The number of benzene rings is 3. The van der Waals surface area contributed by atoms with Gasteiger partial charge in [-0.1, -0.05) is 35.9 Å². The number of methoxy groups -OCH3 is 1. The SMILES string of the molecule is COc1ccccc1CCn1cnc2cccc(NC(=O)c3ccc(SN)c(Cl)c3)c2c1=O. The molecule has 3 N–H and O–H groups in total. The lowest BCUT2D eigenvalue weighted by atomic mass is 10.1. The van der Waals surface area contributed by atoms with E-state index in [-0.39, 0.29) is 11.5 Å². The summed E-state index contributed by atoms with van der Waals surface area (Å²) in [5.74, 6) is 0.381. The Balaban J connectivity index is 1.63. The van der Waals surface area contributed by atoms with Gasteiger partial charge in [0.05, 0.1) is 35.1 Å². The van der Waals surface area contributed by atoms with Gasteiger partial charge < -0.3 is 10.1 Å². The molecule has 4 rings (SSSR count). The summed E-state index contributed by atoms with van der Waals surface area (Å²) in [5.41, 5.74) is 1.99.